The monoisotopic (exact) mass is 361 g/mol. The lowest BCUT2D eigenvalue weighted by Crippen LogP contribution is -2.14. The highest BCUT2D eigenvalue weighted by Gasteiger charge is 2.16. The van der Waals surface area contributed by atoms with Crippen molar-refractivity contribution in [3.63, 3.8) is 0 Å². The molecule has 0 radical (unpaired) electrons. The molecule has 7 heteroatoms. The normalized spacial score (nSPS) is 12.4. The molecule has 0 bridgehead atoms. The van der Waals surface area contributed by atoms with Gasteiger partial charge in [-0.3, -0.25) is 4.68 Å². The van der Waals surface area contributed by atoms with E-state index in [0.717, 1.165) is 40.1 Å². The number of benzene rings is 1. The lowest BCUT2D eigenvalue weighted by molar-refractivity contribution is 0.698. The van der Waals surface area contributed by atoms with Crippen molar-refractivity contribution in [3.05, 3.63) is 53.7 Å². The molecule has 138 valence electrons. The van der Waals surface area contributed by atoms with Crippen molar-refractivity contribution in [1.29, 1.82) is 0 Å². The third-order valence-corrected chi connectivity index (χ3v) is 4.65. The van der Waals surface area contributed by atoms with Gasteiger partial charge in [0.1, 0.15) is 5.82 Å². The molecule has 0 saturated carbocycles. The van der Waals surface area contributed by atoms with Crippen molar-refractivity contribution in [2.45, 2.75) is 33.2 Å². The van der Waals surface area contributed by atoms with Gasteiger partial charge in [0.25, 0.3) is 0 Å². The molecule has 7 nitrogen and oxygen atoms in total. The van der Waals surface area contributed by atoms with Gasteiger partial charge in [-0.25, -0.2) is 15.0 Å². The Bertz CT molecular complexity index is 1090. The van der Waals surface area contributed by atoms with E-state index in [1.165, 1.54) is 5.56 Å². The van der Waals surface area contributed by atoms with E-state index in [1.54, 1.807) is 4.68 Å². The third-order valence-electron chi connectivity index (χ3n) is 4.65. The Hall–Kier alpha value is -3.22. The van der Waals surface area contributed by atoms with E-state index in [4.69, 9.17) is 9.97 Å². The number of nitrogens with one attached hydrogen (secondary N) is 2. The lowest BCUT2D eigenvalue weighted by Gasteiger charge is -2.15. The molecule has 1 unspecified atom stereocenters. The molecule has 1 aromatic carbocycles. The molecular formula is C20H23N7. The second-order valence-corrected chi connectivity index (χ2v) is 6.88. The van der Waals surface area contributed by atoms with Crippen LogP contribution in [-0.2, 0) is 7.05 Å². The fraction of sp³-hybridized carbons (Fsp3) is 0.300. The number of rotatable bonds is 5. The molecule has 0 aliphatic carbocycles. The van der Waals surface area contributed by atoms with E-state index < -0.39 is 0 Å². The number of anilines is 1. The van der Waals surface area contributed by atoms with Crippen molar-refractivity contribution >= 4 is 17.0 Å². The number of H-pyrrole nitrogens is 1. The van der Waals surface area contributed by atoms with Crippen LogP contribution in [-0.4, -0.2) is 29.7 Å². The highest BCUT2D eigenvalue weighted by Crippen LogP contribution is 2.25. The van der Waals surface area contributed by atoms with Gasteiger partial charge in [-0.2, -0.15) is 5.10 Å². The number of imidazole rings is 1. The van der Waals surface area contributed by atoms with E-state index in [2.05, 4.69) is 46.4 Å². The van der Waals surface area contributed by atoms with Crippen LogP contribution in [0.2, 0.25) is 0 Å². The zero-order valence-corrected chi connectivity index (χ0v) is 16.0. The van der Waals surface area contributed by atoms with Crippen LogP contribution in [0.3, 0.4) is 0 Å². The molecule has 0 spiro atoms. The van der Waals surface area contributed by atoms with Crippen molar-refractivity contribution in [2.75, 3.05) is 5.32 Å². The van der Waals surface area contributed by atoms with Gasteiger partial charge >= 0.3 is 0 Å². The zero-order valence-electron chi connectivity index (χ0n) is 16.0. The molecule has 0 aliphatic rings. The van der Waals surface area contributed by atoms with E-state index >= 15 is 0 Å². The van der Waals surface area contributed by atoms with Gasteiger partial charge in [-0.15, -0.1) is 0 Å². The van der Waals surface area contributed by atoms with Crippen molar-refractivity contribution < 1.29 is 0 Å². The second-order valence-electron chi connectivity index (χ2n) is 6.88. The summed E-state index contributed by atoms with van der Waals surface area (Å²) in [4.78, 5) is 17.3. The van der Waals surface area contributed by atoms with Crippen LogP contribution in [0.4, 0.5) is 5.95 Å². The summed E-state index contributed by atoms with van der Waals surface area (Å²) in [5, 5.41) is 7.66. The minimum absolute atomic E-state index is 0.00200. The molecular weight excluding hydrogens is 338 g/mol. The minimum Gasteiger partial charge on any atom is -0.344 e. The van der Waals surface area contributed by atoms with Crippen molar-refractivity contribution in [2.24, 2.45) is 7.05 Å². The summed E-state index contributed by atoms with van der Waals surface area (Å²) in [7, 11) is 1.90. The van der Waals surface area contributed by atoms with Crippen LogP contribution in [0.1, 0.15) is 36.3 Å². The molecule has 3 aromatic heterocycles. The van der Waals surface area contributed by atoms with Gasteiger partial charge in [-0.1, -0.05) is 13.0 Å². The fourth-order valence-electron chi connectivity index (χ4n) is 3.18. The Balaban J connectivity index is 1.64. The topological polar surface area (TPSA) is 84.3 Å². The van der Waals surface area contributed by atoms with Crippen molar-refractivity contribution in [1.82, 2.24) is 29.7 Å². The average Bonchev–Trinajstić information content (AvgIpc) is 3.26. The van der Waals surface area contributed by atoms with Crippen LogP contribution in [0, 0.1) is 13.8 Å². The summed E-state index contributed by atoms with van der Waals surface area (Å²) in [6.07, 6.45) is 6.47. The largest absolute Gasteiger partial charge is 0.344 e. The predicted molar refractivity (Wildman–Crippen MR) is 106 cm³/mol. The molecule has 0 saturated heterocycles. The van der Waals surface area contributed by atoms with Gasteiger partial charge in [0, 0.05) is 25.0 Å². The number of hydrogen-bond acceptors (Lipinski definition) is 5. The fourth-order valence-corrected chi connectivity index (χ4v) is 3.18. The van der Waals surface area contributed by atoms with Crippen LogP contribution in [0.15, 0.2) is 36.8 Å². The molecule has 4 rings (SSSR count). The molecule has 0 aliphatic heterocycles. The Morgan fingerprint density at radius 1 is 1.19 bits per heavy atom. The first-order valence-electron chi connectivity index (χ1n) is 9.09. The van der Waals surface area contributed by atoms with E-state index in [9.17, 15) is 0 Å². The lowest BCUT2D eigenvalue weighted by atomic mass is 10.1. The maximum Gasteiger partial charge on any atom is 0.223 e. The smallest absolute Gasteiger partial charge is 0.223 e. The maximum atomic E-state index is 4.74. The number of hydrogen-bond donors (Lipinski definition) is 2. The quantitative estimate of drug-likeness (QED) is 0.562. The second kappa shape index (κ2) is 6.83. The molecule has 27 heavy (non-hydrogen) atoms. The highest BCUT2D eigenvalue weighted by atomic mass is 15.2. The molecule has 0 fully saturated rings. The number of aromatic nitrogens is 6. The van der Waals surface area contributed by atoms with Crippen molar-refractivity contribution in [3.8, 4) is 11.3 Å². The predicted octanol–water partition coefficient (Wildman–Crippen LogP) is 3.93. The average molecular weight is 361 g/mol. The zero-order chi connectivity index (χ0) is 19.0. The summed E-state index contributed by atoms with van der Waals surface area (Å²) in [5.41, 5.74) is 6.11. The first kappa shape index (κ1) is 17.2. The van der Waals surface area contributed by atoms with Gasteiger partial charge in [-0.05, 0) is 43.5 Å². The standard InChI is InChI=1S/C20H23N7/c1-5-15(19-23-16-7-6-12(2)8-17(16)24-19)25-20-21-9-13(3)18(26-20)14-10-22-27(4)11-14/h6-11,15H,5H2,1-4H3,(H,23,24)(H,21,25,26). The third kappa shape index (κ3) is 3.40. The van der Waals surface area contributed by atoms with Crippen LogP contribution < -0.4 is 5.32 Å². The minimum atomic E-state index is 0.00200. The SMILES string of the molecule is CCC(Nc1ncc(C)c(-c2cnn(C)c2)n1)c1nc2ccc(C)cc2[nH]1. The van der Waals surface area contributed by atoms with Gasteiger partial charge in [0.2, 0.25) is 5.95 Å². The number of fused-ring (bicyclic) bond motifs is 1. The van der Waals surface area contributed by atoms with Gasteiger partial charge in [0.05, 0.1) is 29.0 Å². The van der Waals surface area contributed by atoms with Crippen LogP contribution in [0.5, 0.6) is 0 Å². The number of aromatic amines is 1. The first-order valence-corrected chi connectivity index (χ1v) is 9.09. The highest BCUT2D eigenvalue weighted by molar-refractivity contribution is 5.76. The van der Waals surface area contributed by atoms with E-state index in [1.807, 2.05) is 38.6 Å². The Morgan fingerprint density at radius 2 is 2.04 bits per heavy atom. The molecule has 0 amide bonds. The number of nitrogens with zero attached hydrogens (tertiary/aromatic N) is 5. The summed E-state index contributed by atoms with van der Waals surface area (Å²) in [6.45, 7) is 6.20. The molecule has 1 atom stereocenters. The molecule has 4 aromatic rings. The summed E-state index contributed by atoms with van der Waals surface area (Å²) < 4.78 is 1.77. The number of aryl methyl sites for hydroxylation is 3. The Morgan fingerprint density at radius 3 is 2.78 bits per heavy atom. The first-order chi connectivity index (χ1) is 13.0. The Labute approximate surface area is 157 Å². The maximum absolute atomic E-state index is 4.74. The molecule has 2 N–H and O–H groups in total. The van der Waals surface area contributed by atoms with Crippen LogP contribution >= 0.6 is 0 Å². The van der Waals surface area contributed by atoms with E-state index in [-0.39, 0.29) is 6.04 Å². The Kier molecular flexibility index (Phi) is 4.35. The molecule has 3 heterocycles. The summed E-state index contributed by atoms with van der Waals surface area (Å²) >= 11 is 0. The van der Waals surface area contributed by atoms with Crippen LogP contribution in [0.25, 0.3) is 22.3 Å². The summed E-state index contributed by atoms with van der Waals surface area (Å²) in [5.74, 6) is 1.48. The van der Waals surface area contributed by atoms with Gasteiger partial charge in [0.15, 0.2) is 0 Å². The van der Waals surface area contributed by atoms with E-state index in [0.29, 0.717) is 5.95 Å². The summed E-state index contributed by atoms with van der Waals surface area (Å²) in [6, 6.07) is 6.23. The van der Waals surface area contributed by atoms with Gasteiger partial charge < -0.3 is 10.3 Å².